The topological polar surface area (TPSA) is 69.9 Å². The molecule has 0 unspecified atom stereocenters. The fourth-order valence-corrected chi connectivity index (χ4v) is 2.11. The molecule has 0 radical (unpaired) electrons. The Bertz CT molecular complexity index is 766. The quantitative estimate of drug-likeness (QED) is 0.674. The van der Waals surface area contributed by atoms with Gasteiger partial charge in [-0.25, -0.2) is 0 Å². The fourth-order valence-electron chi connectivity index (χ4n) is 2.11. The molecule has 0 aliphatic rings. The van der Waals surface area contributed by atoms with Gasteiger partial charge >= 0.3 is 0 Å². The van der Waals surface area contributed by atoms with E-state index in [0.29, 0.717) is 17.1 Å². The van der Waals surface area contributed by atoms with Crippen LogP contribution in [0.15, 0.2) is 54.6 Å². The zero-order valence-electron chi connectivity index (χ0n) is 12.0. The molecule has 0 saturated carbocycles. The van der Waals surface area contributed by atoms with Crippen LogP contribution in [0.5, 0.6) is 5.75 Å². The van der Waals surface area contributed by atoms with Gasteiger partial charge in [-0.2, -0.15) is 4.68 Å². The number of para-hydroxylation sites is 1. The van der Waals surface area contributed by atoms with Crippen molar-refractivity contribution in [2.75, 3.05) is 7.11 Å². The molecule has 0 saturated heterocycles. The lowest BCUT2D eigenvalue weighted by Gasteiger charge is -2.05. The summed E-state index contributed by atoms with van der Waals surface area (Å²) in [4.78, 5) is 12.3. The van der Waals surface area contributed by atoms with E-state index in [9.17, 15) is 4.79 Å². The predicted octanol–water partition coefficient (Wildman–Crippen LogP) is 2.10. The van der Waals surface area contributed by atoms with Gasteiger partial charge in [0, 0.05) is 5.56 Å². The van der Waals surface area contributed by atoms with Crippen LogP contribution in [-0.2, 0) is 6.42 Å². The SMILES string of the molecule is COc1ccc(C(=O)Cc2nnnn2-c2ccccc2)cc1. The number of Topliss-reactive ketones (excluding diaryl/α,β-unsaturated/α-hetero) is 1. The number of nitrogens with zero attached hydrogens (tertiary/aromatic N) is 4. The van der Waals surface area contributed by atoms with Gasteiger partial charge in [-0.15, -0.1) is 5.10 Å². The largest absolute Gasteiger partial charge is 0.497 e. The van der Waals surface area contributed by atoms with E-state index < -0.39 is 0 Å². The van der Waals surface area contributed by atoms with Gasteiger partial charge in [-0.1, -0.05) is 18.2 Å². The van der Waals surface area contributed by atoms with Crippen molar-refractivity contribution in [1.82, 2.24) is 20.2 Å². The molecule has 0 spiro atoms. The monoisotopic (exact) mass is 294 g/mol. The van der Waals surface area contributed by atoms with E-state index in [0.717, 1.165) is 5.69 Å². The molecule has 0 fully saturated rings. The zero-order chi connectivity index (χ0) is 15.4. The van der Waals surface area contributed by atoms with Gasteiger partial charge in [0.25, 0.3) is 0 Å². The number of benzene rings is 2. The summed E-state index contributed by atoms with van der Waals surface area (Å²) in [6, 6.07) is 16.5. The first-order valence-corrected chi connectivity index (χ1v) is 6.78. The number of tetrazole rings is 1. The second-order valence-electron chi connectivity index (χ2n) is 4.67. The molecule has 0 aliphatic heterocycles. The minimum absolute atomic E-state index is 0.0466. The van der Waals surface area contributed by atoms with Crippen LogP contribution < -0.4 is 4.74 Å². The molecule has 6 heteroatoms. The van der Waals surface area contributed by atoms with Crippen molar-refractivity contribution < 1.29 is 9.53 Å². The summed E-state index contributed by atoms with van der Waals surface area (Å²) >= 11 is 0. The smallest absolute Gasteiger partial charge is 0.170 e. The van der Waals surface area contributed by atoms with E-state index in [-0.39, 0.29) is 12.2 Å². The van der Waals surface area contributed by atoms with Crippen molar-refractivity contribution in [3.05, 3.63) is 66.0 Å². The van der Waals surface area contributed by atoms with Gasteiger partial charge in [0.05, 0.1) is 19.2 Å². The van der Waals surface area contributed by atoms with Crippen LogP contribution in [0.25, 0.3) is 5.69 Å². The molecule has 3 rings (SSSR count). The number of carbonyl (C=O) groups is 1. The summed E-state index contributed by atoms with van der Waals surface area (Å²) in [5.74, 6) is 1.17. The first kappa shape index (κ1) is 13.9. The van der Waals surface area contributed by atoms with Crippen LogP contribution in [0.3, 0.4) is 0 Å². The van der Waals surface area contributed by atoms with Crippen molar-refractivity contribution in [3.63, 3.8) is 0 Å². The normalized spacial score (nSPS) is 10.4. The first-order valence-electron chi connectivity index (χ1n) is 6.78. The molecule has 6 nitrogen and oxygen atoms in total. The number of ketones is 1. The fraction of sp³-hybridized carbons (Fsp3) is 0.125. The van der Waals surface area contributed by atoms with Crippen molar-refractivity contribution in [2.45, 2.75) is 6.42 Å². The molecule has 0 bridgehead atoms. The molecule has 3 aromatic rings. The Kier molecular flexibility index (Phi) is 3.91. The highest BCUT2D eigenvalue weighted by molar-refractivity contribution is 5.97. The Balaban J connectivity index is 1.81. The zero-order valence-corrected chi connectivity index (χ0v) is 12.0. The Morgan fingerprint density at radius 1 is 1.09 bits per heavy atom. The third kappa shape index (κ3) is 2.85. The Morgan fingerprint density at radius 3 is 2.50 bits per heavy atom. The lowest BCUT2D eigenvalue weighted by molar-refractivity contribution is 0.0990. The van der Waals surface area contributed by atoms with E-state index >= 15 is 0 Å². The molecular formula is C16H14N4O2. The summed E-state index contributed by atoms with van der Waals surface area (Å²) in [5.41, 5.74) is 1.42. The number of hydrogen-bond acceptors (Lipinski definition) is 5. The highest BCUT2D eigenvalue weighted by Gasteiger charge is 2.14. The maximum absolute atomic E-state index is 12.3. The average Bonchev–Trinajstić information content (AvgIpc) is 3.04. The van der Waals surface area contributed by atoms with Crippen molar-refractivity contribution in [2.24, 2.45) is 0 Å². The van der Waals surface area contributed by atoms with E-state index in [1.807, 2.05) is 30.3 Å². The molecule has 0 aliphatic carbocycles. The van der Waals surface area contributed by atoms with Gasteiger partial charge in [0.1, 0.15) is 5.75 Å². The number of methoxy groups -OCH3 is 1. The van der Waals surface area contributed by atoms with Gasteiger partial charge in [-0.3, -0.25) is 4.79 Å². The third-order valence-electron chi connectivity index (χ3n) is 3.27. The molecule has 0 atom stereocenters. The van der Waals surface area contributed by atoms with E-state index in [1.54, 1.807) is 36.1 Å². The summed E-state index contributed by atoms with van der Waals surface area (Å²) < 4.78 is 6.65. The summed E-state index contributed by atoms with van der Waals surface area (Å²) in [7, 11) is 1.59. The second kappa shape index (κ2) is 6.17. The van der Waals surface area contributed by atoms with Gasteiger partial charge in [-0.05, 0) is 46.8 Å². The highest BCUT2D eigenvalue weighted by Crippen LogP contribution is 2.14. The van der Waals surface area contributed by atoms with Crippen LogP contribution >= 0.6 is 0 Å². The number of aromatic nitrogens is 4. The number of ether oxygens (including phenoxy) is 1. The summed E-state index contributed by atoms with van der Waals surface area (Å²) in [6.07, 6.45) is 0.133. The molecule has 22 heavy (non-hydrogen) atoms. The number of hydrogen-bond donors (Lipinski definition) is 0. The maximum Gasteiger partial charge on any atom is 0.170 e. The standard InChI is InChI=1S/C16H14N4O2/c1-22-14-9-7-12(8-10-14)15(21)11-16-17-18-19-20(16)13-5-3-2-4-6-13/h2-10H,11H2,1H3. The minimum atomic E-state index is -0.0466. The Hall–Kier alpha value is -3.02. The molecule has 2 aromatic carbocycles. The minimum Gasteiger partial charge on any atom is -0.497 e. The van der Waals surface area contributed by atoms with Gasteiger partial charge < -0.3 is 4.74 Å². The van der Waals surface area contributed by atoms with Crippen LogP contribution in [0, 0.1) is 0 Å². The summed E-state index contributed by atoms with van der Waals surface area (Å²) in [6.45, 7) is 0. The van der Waals surface area contributed by atoms with Crippen molar-refractivity contribution >= 4 is 5.78 Å². The van der Waals surface area contributed by atoms with Crippen LogP contribution in [0.1, 0.15) is 16.2 Å². The van der Waals surface area contributed by atoms with Crippen LogP contribution in [-0.4, -0.2) is 33.1 Å². The Morgan fingerprint density at radius 2 is 1.82 bits per heavy atom. The highest BCUT2D eigenvalue weighted by atomic mass is 16.5. The molecule has 0 N–H and O–H groups in total. The lowest BCUT2D eigenvalue weighted by Crippen LogP contribution is -2.10. The Labute approximate surface area is 127 Å². The molecule has 0 amide bonds. The average molecular weight is 294 g/mol. The van der Waals surface area contributed by atoms with E-state index in [1.165, 1.54) is 0 Å². The van der Waals surface area contributed by atoms with Crippen LogP contribution in [0.2, 0.25) is 0 Å². The number of rotatable bonds is 5. The molecule has 1 heterocycles. The predicted molar refractivity (Wildman–Crippen MR) is 80.2 cm³/mol. The van der Waals surface area contributed by atoms with E-state index in [2.05, 4.69) is 15.5 Å². The van der Waals surface area contributed by atoms with Crippen molar-refractivity contribution in [1.29, 1.82) is 0 Å². The maximum atomic E-state index is 12.3. The molecular weight excluding hydrogens is 280 g/mol. The van der Waals surface area contributed by atoms with Crippen LogP contribution in [0.4, 0.5) is 0 Å². The van der Waals surface area contributed by atoms with Gasteiger partial charge in [0.2, 0.25) is 0 Å². The lowest BCUT2D eigenvalue weighted by atomic mass is 10.1. The molecule has 1 aromatic heterocycles. The number of carbonyl (C=O) groups excluding carboxylic acids is 1. The van der Waals surface area contributed by atoms with Crippen molar-refractivity contribution in [3.8, 4) is 11.4 Å². The first-order chi connectivity index (χ1) is 10.8. The van der Waals surface area contributed by atoms with Gasteiger partial charge in [0.15, 0.2) is 11.6 Å². The molecule has 110 valence electrons. The summed E-state index contributed by atoms with van der Waals surface area (Å²) in [5, 5.41) is 11.6. The van der Waals surface area contributed by atoms with E-state index in [4.69, 9.17) is 4.74 Å². The second-order valence-corrected chi connectivity index (χ2v) is 4.67. The third-order valence-corrected chi connectivity index (χ3v) is 3.27.